The molecule has 0 fully saturated rings. The molecule has 0 unspecified atom stereocenters. The van der Waals surface area contributed by atoms with Crippen molar-refractivity contribution < 1.29 is 4.79 Å². The maximum absolute atomic E-state index is 12.7. The predicted octanol–water partition coefficient (Wildman–Crippen LogP) is 3.86. The molecule has 0 radical (unpaired) electrons. The summed E-state index contributed by atoms with van der Waals surface area (Å²) in [6.07, 6.45) is 0. The first-order valence-electron chi connectivity index (χ1n) is 8.52. The van der Waals surface area contributed by atoms with E-state index in [1.807, 2.05) is 18.2 Å². The van der Waals surface area contributed by atoms with Gasteiger partial charge in [0.25, 0.3) is 5.91 Å². The van der Waals surface area contributed by atoms with Gasteiger partial charge in [0.1, 0.15) is 0 Å². The fourth-order valence-electron chi connectivity index (χ4n) is 3.23. The Morgan fingerprint density at radius 2 is 1.85 bits per heavy atom. The number of halogens is 1. The Morgan fingerprint density at radius 3 is 2.67 bits per heavy atom. The van der Waals surface area contributed by atoms with E-state index in [1.165, 1.54) is 0 Å². The van der Waals surface area contributed by atoms with E-state index in [9.17, 15) is 4.79 Å². The number of amides is 1. The first kappa shape index (κ1) is 16.4. The molecule has 0 saturated carbocycles. The average molecular weight is 396 g/mol. The van der Waals surface area contributed by atoms with Crippen molar-refractivity contribution in [2.45, 2.75) is 13.1 Å². The number of carbonyl (C=O) groups excluding carboxylic acids is 1. The number of rotatable bonds is 2. The highest BCUT2D eigenvalue weighted by molar-refractivity contribution is 7.21. The molecule has 2 aromatic heterocycles. The van der Waals surface area contributed by atoms with Gasteiger partial charge < -0.3 is 9.47 Å². The number of hydrogen-bond acceptors (Lipinski definition) is 5. The molecule has 8 heteroatoms. The number of thiazole rings is 1. The predicted molar refractivity (Wildman–Crippen MR) is 105 cm³/mol. The zero-order valence-corrected chi connectivity index (χ0v) is 15.7. The zero-order chi connectivity index (χ0) is 18.4. The third-order valence-electron chi connectivity index (χ3n) is 4.62. The van der Waals surface area contributed by atoms with Gasteiger partial charge in [-0.2, -0.15) is 0 Å². The maximum atomic E-state index is 12.7. The number of hydrogen-bond donors (Lipinski definition) is 0. The highest BCUT2D eigenvalue weighted by Gasteiger charge is 2.26. The van der Waals surface area contributed by atoms with Crippen molar-refractivity contribution in [1.82, 2.24) is 24.6 Å². The number of fused-ring (bicyclic) bond motifs is 2. The van der Waals surface area contributed by atoms with Gasteiger partial charge in [-0.05, 0) is 36.4 Å². The van der Waals surface area contributed by atoms with Crippen LogP contribution in [0.3, 0.4) is 0 Å². The first-order chi connectivity index (χ1) is 13.2. The highest BCUT2D eigenvalue weighted by atomic mass is 35.5. The molecule has 6 nitrogen and oxygen atoms in total. The molecule has 0 N–H and O–H groups in total. The number of nitrogens with zero attached hydrogens (tertiary/aromatic N) is 5. The summed E-state index contributed by atoms with van der Waals surface area (Å²) >= 11 is 7.51. The molecule has 27 heavy (non-hydrogen) atoms. The SMILES string of the molecule is O=C(c1ccc(Cl)cc1)N1CCn2c(nnc2-c2nc3ccccc3s2)C1. The molecule has 4 aromatic rings. The van der Waals surface area contributed by atoms with Crippen molar-refractivity contribution in [1.29, 1.82) is 0 Å². The second-order valence-electron chi connectivity index (χ2n) is 6.31. The summed E-state index contributed by atoms with van der Waals surface area (Å²) in [5.41, 5.74) is 1.59. The van der Waals surface area contributed by atoms with Crippen LogP contribution in [0.2, 0.25) is 5.02 Å². The Bertz CT molecular complexity index is 1120. The Kier molecular flexibility index (Phi) is 3.91. The van der Waals surface area contributed by atoms with Crippen molar-refractivity contribution >= 4 is 39.1 Å². The lowest BCUT2D eigenvalue weighted by Crippen LogP contribution is -2.38. The van der Waals surface area contributed by atoms with Gasteiger partial charge in [-0.3, -0.25) is 4.79 Å². The minimum absolute atomic E-state index is 0.0255. The lowest BCUT2D eigenvalue weighted by atomic mass is 10.2. The van der Waals surface area contributed by atoms with E-state index in [1.54, 1.807) is 40.5 Å². The molecule has 0 saturated heterocycles. The van der Waals surface area contributed by atoms with E-state index >= 15 is 0 Å². The normalized spacial score (nSPS) is 13.7. The van der Waals surface area contributed by atoms with Crippen LogP contribution in [0.5, 0.6) is 0 Å². The molecule has 1 amide bonds. The lowest BCUT2D eigenvalue weighted by Gasteiger charge is -2.27. The minimum atomic E-state index is -0.0255. The number of para-hydroxylation sites is 1. The first-order valence-corrected chi connectivity index (χ1v) is 9.71. The third-order valence-corrected chi connectivity index (χ3v) is 5.90. The van der Waals surface area contributed by atoms with E-state index in [0.29, 0.717) is 30.2 Å². The molecule has 134 valence electrons. The summed E-state index contributed by atoms with van der Waals surface area (Å²) in [5, 5.41) is 10.1. The Hall–Kier alpha value is -2.77. The van der Waals surface area contributed by atoms with Crippen molar-refractivity contribution in [3.8, 4) is 10.8 Å². The molecular formula is C19H14ClN5OS. The topological polar surface area (TPSA) is 63.9 Å². The Morgan fingerprint density at radius 1 is 1.04 bits per heavy atom. The van der Waals surface area contributed by atoms with Crippen LogP contribution in [0.15, 0.2) is 48.5 Å². The van der Waals surface area contributed by atoms with E-state index in [0.717, 1.165) is 26.9 Å². The molecule has 1 aliphatic heterocycles. The quantitative estimate of drug-likeness (QED) is 0.517. The molecule has 5 rings (SSSR count). The lowest BCUT2D eigenvalue weighted by molar-refractivity contribution is 0.0708. The molecular weight excluding hydrogens is 382 g/mol. The van der Waals surface area contributed by atoms with Gasteiger partial charge in [0.05, 0.1) is 16.8 Å². The number of carbonyl (C=O) groups is 1. The van der Waals surface area contributed by atoms with Crippen LogP contribution in [0.25, 0.3) is 21.0 Å². The van der Waals surface area contributed by atoms with Crippen molar-refractivity contribution in [2.75, 3.05) is 6.54 Å². The van der Waals surface area contributed by atoms with Gasteiger partial charge in [0, 0.05) is 23.7 Å². The van der Waals surface area contributed by atoms with E-state index < -0.39 is 0 Å². The second kappa shape index (κ2) is 6.44. The van der Waals surface area contributed by atoms with Gasteiger partial charge in [-0.25, -0.2) is 4.98 Å². The summed E-state index contributed by atoms with van der Waals surface area (Å²) in [4.78, 5) is 19.2. The second-order valence-corrected chi connectivity index (χ2v) is 7.78. The molecule has 1 aliphatic rings. The van der Waals surface area contributed by atoms with Crippen molar-refractivity contribution in [3.05, 3.63) is 64.9 Å². The van der Waals surface area contributed by atoms with Gasteiger partial charge in [0.15, 0.2) is 16.7 Å². The van der Waals surface area contributed by atoms with Crippen LogP contribution >= 0.6 is 22.9 Å². The van der Waals surface area contributed by atoms with Gasteiger partial charge in [-0.1, -0.05) is 23.7 Å². The van der Waals surface area contributed by atoms with Crippen LogP contribution in [0.4, 0.5) is 0 Å². The molecule has 3 heterocycles. The number of benzene rings is 2. The fraction of sp³-hybridized carbons (Fsp3) is 0.158. The average Bonchev–Trinajstić information content (AvgIpc) is 3.31. The largest absolute Gasteiger partial charge is 0.329 e. The van der Waals surface area contributed by atoms with Crippen LogP contribution in [-0.2, 0) is 13.1 Å². The van der Waals surface area contributed by atoms with Gasteiger partial charge in [-0.15, -0.1) is 21.5 Å². The smallest absolute Gasteiger partial charge is 0.254 e. The summed E-state index contributed by atoms with van der Waals surface area (Å²) < 4.78 is 3.18. The van der Waals surface area contributed by atoms with Crippen LogP contribution in [-0.4, -0.2) is 37.1 Å². The maximum Gasteiger partial charge on any atom is 0.254 e. The summed E-state index contributed by atoms with van der Waals surface area (Å²) in [6.45, 7) is 1.68. The standard InChI is InChI=1S/C19H14ClN5OS/c20-13-7-5-12(6-8-13)19(26)24-9-10-25-16(11-24)22-23-17(25)18-21-14-3-1-2-4-15(14)27-18/h1-8H,9-11H2. The molecule has 0 bridgehead atoms. The van der Waals surface area contributed by atoms with Crippen LogP contribution in [0.1, 0.15) is 16.2 Å². The molecule has 0 atom stereocenters. The van der Waals surface area contributed by atoms with Crippen molar-refractivity contribution in [2.24, 2.45) is 0 Å². The van der Waals surface area contributed by atoms with Crippen LogP contribution in [0, 0.1) is 0 Å². The summed E-state index contributed by atoms with van der Waals surface area (Å²) in [5.74, 6) is 1.52. The summed E-state index contributed by atoms with van der Waals surface area (Å²) in [7, 11) is 0. The van der Waals surface area contributed by atoms with E-state index in [4.69, 9.17) is 11.6 Å². The molecule has 0 spiro atoms. The zero-order valence-electron chi connectivity index (χ0n) is 14.2. The Labute approximate surface area is 164 Å². The fourth-order valence-corrected chi connectivity index (χ4v) is 4.32. The monoisotopic (exact) mass is 395 g/mol. The molecule has 0 aliphatic carbocycles. The van der Waals surface area contributed by atoms with E-state index in [2.05, 4.69) is 25.8 Å². The summed E-state index contributed by atoms with van der Waals surface area (Å²) in [6, 6.07) is 15.0. The van der Waals surface area contributed by atoms with Crippen LogP contribution < -0.4 is 0 Å². The minimum Gasteiger partial charge on any atom is -0.329 e. The van der Waals surface area contributed by atoms with Gasteiger partial charge in [0.2, 0.25) is 0 Å². The van der Waals surface area contributed by atoms with Crippen molar-refractivity contribution in [3.63, 3.8) is 0 Å². The highest BCUT2D eigenvalue weighted by Crippen LogP contribution is 2.30. The van der Waals surface area contributed by atoms with E-state index in [-0.39, 0.29) is 5.91 Å². The molecule has 2 aromatic carbocycles. The number of aromatic nitrogens is 4. The van der Waals surface area contributed by atoms with Gasteiger partial charge >= 0.3 is 0 Å². The Balaban J connectivity index is 1.43. The third kappa shape index (κ3) is 2.89.